The van der Waals surface area contributed by atoms with Crippen LogP contribution in [0.5, 0.6) is 11.5 Å². The third-order valence-corrected chi connectivity index (χ3v) is 4.64. The Morgan fingerprint density at radius 2 is 0.800 bits per heavy atom. The van der Waals surface area contributed by atoms with E-state index in [2.05, 4.69) is 24.3 Å². The van der Waals surface area contributed by atoms with Crippen LogP contribution in [0, 0.1) is 0 Å². The highest BCUT2D eigenvalue weighted by Crippen LogP contribution is 2.42. The lowest BCUT2D eigenvalue weighted by Gasteiger charge is -2.18. The predicted octanol–water partition coefficient (Wildman–Crippen LogP) is 4.08. The van der Waals surface area contributed by atoms with Gasteiger partial charge in [-0.3, -0.25) is 0 Å². The van der Waals surface area contributed by atoms with E-state index in [0.29, 0.717) is 52.9 Å². The Hall–Kier alpha value is -2.38. The summed E-state index contributed by atoms with van der Waals surface area (Å²) >= 11 is 0. The maximum absolute atomic E-state index is 6.18. The van der Waals surface area contributed by atoms with Gasteiger partial charge in [0.05, 0.1) is 39.6 Å². The molecule has 0 saturated carbocycles. The van der Waals surface area contributed by atoms with Crippen molar-refractivity contribution in [2.45, 2.75) is 0 Å². The maximum Gasteiger partial charge on any atom is 0.135 e. The standard InChI is InChI=1S/C24H30O6/c1-25-11-13-27-15-17-29-23-19-7-3-5-9-21(19)24(22-10-6-4-8-20(22)23)30-18-16-28-14-12-26-2/h3-10H,11-18H2,1-2H3. The minimum absolute atomic E-state index is 0.464. The molecule has 3 aromatic rings. The van der Waals surface area contributed by atoms with Crippen molar-refractivity contribution in [1.29, 1.82) is 0 Å². The fourth-order valence-corrected chi connectivity index (χ4v) is 3.25. The van der Waals surface area contributed by atoms with E-state index in [0.717, 1.165) is 33.0 Å². The molecule has 0 aromatic heterocycles. The first-order valence-electron chi connectivity index (χ1n) is 10.2. The number of rotatable bonds is 14. The first-order chi connectivity index (χ1) is 14.9. The zero-order chi connectivity index (χ0) is 21.0. The van der Waals surface area contributed by atoms with Gasteiger partial charge in [0.2, 0.25) is 0 Å². The van der Waals surface area contributed by atoms with E-state index >= 15 is 0 Å². The zero-order valence-corrected chi connectivity index (χ0v) is 17.7. The third kappa shape index (κ3) is 5.83. The van der Waals surface area contributed by atoms with Crippen molar-refractivity contribution in [2.24, 2.45) is 0 Å². The fraction of sp³-hybridized carbons (Fsp3) is 0.417. The largest absolute Gasteiger partial charge is 0.490 e. The van der Waals surface area contributed by atoms with Crippen LogP contribution in [0.3, 0.4) is 0 Å². The molecule has 0 aliphatic rings. The highest BCUT2D eigenvalue weighted by Gasteiger charge is 2.15. The van der Waals surface area contributed by atoms with Gasteiger partial charge in [0.25, 0.3) is 0 Å². The lowest BCUT2D eigenvalue weighted by atomic mass is 10.0. The zero-order valence-electron chi connectivity index (χ0n) is 17.7. The molecule has 3 rings (SSSR count). The number of methoxy groups -OCH3 is 2. The van der Waals surface area contributed by atoms with Crippen molar-refractivity contribution < 1.29 is 28.4 Å². The van der Waals surface area contributed by atoms with Gasteiger partial charge in [-0.1, -0.05) is 48.5 Å². The van der Waals surface area contributed by atoms with Crippen molar-refractivity contribution >= 4 is 21.5 Å². The second-order valence-electron chi connectivity index (χ2n) is 6.66. The predicted molar refractivity (Wildman–Crippen MR) is 118 cm³/mol. The number of fused-ring (bicyclic) bond motifs is 2. The molecule has 0 heterocycles. The molecule has 0 spiro atoms. The van der Waals surface area contributed by atoms with Gasteiger partial charge >= 0.3 is 0 Å². The normalized spacial score (nSPS) is 11.3. The van der Waals surface area contributed by atoms with Crippen LogP contribution in [0.25, 0.3) is 21.5 Å². The van der Waals surface area contributed by atoms with Gasteiger partial charge in [-0.25, -0.2) is 0 Å². The third-order valence-electron chi connectivity index (χ3n) is 4.64. The molecule has 0 amide bonds. The molecule has 30 heavy (non-hydrogen) atoms. The topological polar surface area (TPSA) is 55.4 Å². The Morgan fingerprint density at radius 3 is 1.13 bits per heavy atom. The molecule has 0 atom stereocenters. The van der Waals surface area contributed by atoms with Crippen LogP contribution in [0.4, 0.5) is 0 Å². The maximum atomic E-state index is 6.18. The summed E-state index contributed by atoms with van der Waals surface area (Å²) in [6.45, 7) is 4.20. The molecule has 0 fully saturated rings. The highest BCUT2D eigenvalue weighted by atomic mass is 16.5. The lowest BCUT2D eigenvalue weighted by molar-refractivity contribution is 0.0545. The molecule has 6 heteroatoms. The molecule has 0 aliphatic heterocycles. The smallest absolute Gasteiger partial charge is 0.135 e. The minimum Gasteiger partial charge on any atom is -0.490 e. The van der Waals surface area contributed by atoms with Gasteiger partial charge < -0.3 is 28.4 Å². The molecule has 0 N–H and O–H groups in total. The molecule has 0 saturated heterocycles. The first-order valence-corrected chi connectivity index (χ1v) is 10.2. The van der Waals surface area contributed by atoms with Gasteiger partial charge in [0.1, 0.15) is 24.7 Å². The van der Waals surface area contributed by atoms with Gasteiger partial charge in [-0.15, -0.1) is 0 Å². The molecule has 0 unspecified atom stereocenters. The van der Waals surface area contributed by atoms with Gasteiger partial charge in [-0.05, 0) is 0 Å². The van der Waals surface area contributed by atoms with E-state index in [4.69, 9.17) is 28.4 Å². The number of benzene rings is 3. The summed E-state index contributed by atoms with van der Waals surface area (Å²) in [5.74, 6) is 1.69. The average Bonchev–Trinajstić information content (AvgIpc) is 2.79. The summed E-state index contributed by atoms with van der Waals surface area (Å²) in [5, 5.41) is 4.07. The molecule has 3 aromatic carbocycles. The number of hydrogen-bond donors (Lipinski definition) is 0. The Kier molecular flexibility index (Phi) is 9.18. The molecule has 0 aliphatic carbocycles. The summed E-state index contributed by atoms with van der Waals surface area (Å²) in [5.41, 5.74) is 0. The van der Waals surface area contributed by atoms with E-state index in [1.54, 1.807) is 14.2 Å². The number of ether oxygens (including phenoxy) is 6. The second kappa shape index (κ2) is 12.3. The van der Waals surface area contributed by atoms with Crippen LogP contribution >= 0.6 is 0 Å². The Balaban J connectivity index is 1.81. The molecule has 6 nitrogen and oxygen atoms in total. The monoisotopic (exact) mass is 414 g/mol. The van der Waals surface area contributed by atoms with Crippen LogP contribution in [0.15, 0.2) is 48.5 Å². The summed E-state index contributed by atoms with van der Waals surface area (Å²) in [7, 11) is 3.32. The molecular formula is C24H30O6. The van der Waals surface area contributed by atoms with E-state index in [-0.39, 0.29) is 0 Å². The minimum atomic E-state index is 0.464. The van der Waals surface area contributed by atoms with Crippen molar-refractivity contribution in [1.82, 2.24) is 0 Å². The number of hydrogen-bond acceptors (Lipinski definition) is 6. The van der Waals surface area contributed by atoms with E-state index in [1.165, 1.54) is 0 Å². The van der Waals surface area contributed by atoms with Gasteiger partial charge in [0.15, 0.2) is 0 Å². The Labute approximate surface area is 177 Å². The van der Waals surface area contributed by atoms with Crippen LogP contribution in [-0.2, 0) is 18.9 Å². The second-order valence-corrected chi connectivity index (χ2v) is 6.66. The Bertz CT molecular complexity index is 780. The SMILES string of the molecule is COCCOCCOc1c2ccccc2c(OCCOCCOC)c2ccccc12. The van der Waals surface area contributed by atoms with E-state index in [9.17, 15) is 0 Å². The molecule has 0 bridgehead atoms. The summed E-state index contributed by atoms with van der Waals surface area (Å²) < 4.78 is 33.4. The van der Waals surface area contributed by atoms with Crippen LogP contribution in [-0.4, -0.2) is 67.1 Å². The highest BCUT2D eigenvalue weighted by molar-refractivity contribution is 6.11. The van der Waals surface area contributed by atoms with Crippen molar-refractivity contribution in [2.75, 3.05) is 67.1 Å². The quantitative estimate of drug-likeness (QED) is 0.293. The van der Waals surface area contributed by atoms with Crippen LogP contribution < -0.4 is 9.47 Å². The molecule has 0 radical (unpaired) electrons. The van der Waals surface area contributed by atoms with Crippen molar-refractivity contribution in [3.63, 3.8) is 0 Å². The lowest BCUT2D eigenvalue weighted by Crippen LogP contribution is -2.11. The van der Waals surface area contributed by atoms with Crippen molar-refractivity contribution in [3.05, 3.63) is 48.5 Å². The fourth-order valence-electron chi connectivity index (χ4n) is 3.25. The van der Waals surface area contributed by atoms with E-state index < -0.39 is 0 Å². The van der Waals surface area contributed by atoms with Gasteiger partial charge in [0, 0.05) is 35.8 Å². The van der Waals surface area contributed by atoms with Crippen LogP contribution in [0.1, 0.15) is 0 Å². The van der Waals surface area contributed by atoms with Crippen molar-refractivity contribution in [3.8, 4) is 11.5 Å². The Morgan fingerprint density at radius 1 is 0.467 bits per heavy atom. The summed E-state index contributed by atoms with van der Waals surface area (Å²) in [6.07, 6.45) is 0. The van der Waals surface area contributed by atoms with Gasteiger partial charge in [-0.2, -0.15) is 0 Å². The van der Waals surface area contributed by atoms with Crippen LogP contribution in [0.2, 0.25) is 0 Å². The molecular weight excluding hydrogens is 384 g/mol. The summed E-state index contributed by atoms with van der Waals surface area (Å²) in [6, 6.07) is 16.3. The molecule has 162 valence electrons. The average molecular weight is 414 g/mol. The summed E-state index contributed by atoms with van der Waals surface area (Å²) in [4.78, 5) is 0. The van der Waals surface area contributed by atoms with E-state index in [1.807, 2.05) is 24.3 Å². The first kappa shape index (κ1) is 22.3.